The number of aromatic nitrogens is 2. The predicted octanol–water partition coefficient (Wildman–Crippen LogP) is 5.71. The Labute approximate surface area is 220 Å². The van der Waals surface area contributed by atoms with E-state index >= 15 is 0 Å². The SMILES string of the molecule is CCNCCN(C)Cc1ccc2ncn(-c3cc(O[C@H](C)c4ccccc4Cl)c(C(=O)OC)s3)c2c1. The average molecular weight is 527 g/mol. The fraction of sp³-hybridized carbons (Fsp3) is 0.333. The third-order valence-electron chi connectivity index (χ3n) is 5.92. The Morgan fingerprint density at radius 2 is 2.06 bits per heavy atom. The number of carbonyl (C=O) groups excluding carboxylic acids is 1. The lowest BCUT2D eigenvalue weighted by atomic mass is 10.1. The van der Waals surface area contributed by atoms with E-state index in [-0.39, 0.29) is 6.10 Å². The number of fused-ring (bicyclic) bond motifs is 1. The molecular formula is C27H31ClN4O3S. The number of imidazole rings is 1. The molecule has 0 bridgehead atoms. The summed E-state index contributed by atoms with van der Waals surface area (Å²) in [6.07, 6.45) is 1.42. The van der Waals surface area contributed by atoms with Crippen molar-refractivity contribution in [1.29, 1.82) is 0 Å². The molecule has 0 saturated heterocycles. The van der Waals surface area contributed by atoms with Gasteiger partial charge in [-0.15, -0.1) is 11.3 Å². The summed E-state index contributed by atoms with van der Waals surface area (Å²) < 4.78 is 13.3. The maximum Gasteiger partial charge on any atom is 0.351 e. The molecule has 0 aliphatic rings. The lowest BCUT2D eigenvalue weighted by Crippen LogP contribution is -2.28. The average Bonchev–Trinajstić information content (AvgIpc) is 3.47. The maximum atomic E-state index is 12.6. The van der Waals surface area contributed by atoms with Crippen molar-refractivity contribution in [2.24, 2.45) is 0 Å². The third-order valence-corrected chi connectivity index (χ3v) is 7.36. The molecular weight excluding hydrogens is 496 g/mol. The molecule has 4 aromatic rings. The number of carbonyl (C=O) groups is 1. The fourth-order valence-electron chi connectivity index (χ4n) is 4.03. The Bertz CT molecular complexity index is 1340. The highest BCUT2D eigenvalue weighted by atomic mass is 35.5. The normalized spacial score (nSPS) is 12.3. The minimum absolute atomic E-state index is 0.353. The molecule has 36 heavy (non-hydrogen) atoms. The molecule has 190 valence electrons. The summed E-state index contributed by atoms with van der Waals surface area (Å²) in [6, 6.07) is 15.7. The van der Waals surface area contributed by atoms with Crippen LogP contribution in [0, 0.1) is 0 Å². The Balaban J connectivity index is 1.64. The second-order valence-electron chi connectivity index (χ2n) is 8.58. The van der Waals surface area contributed by atoms with Gasteiger partial charge in [-0.1, -0.05) is 42.8 Å². The van der Waals surface area contributed by atoms with Crippen LogP contribution in [0.1, 0.15) is 40.8 Å². The largest absolute Gasteiger partial charge is 0.484 e. The van der Waals surface area contributed by atoms with Crippen molar-refractivity contribution in [2.45, 2.75) is 26.5 Å². The fourth-order valence-corrected chi connectivity index (χ4v) is 5.31. The van der Waals surface area contributed by atoms with Crippen LogP contribution in [-0.2, 0) is 11.3 Å². The quantitative estimate of drug-likeness (QED) is 0.199. The molecule has 0 aliphatic heterocycles. The van der Waals surface area contributed by atoms with Gasteiger partial charge in [0.05, 0.1) is 18.1 Å². The van der Waals surface area contributed by atoms with Crippen LogP contribution in [0.4, 0.5) is 0 Å². The number of nitrogens with zero attached hydrogens (tertiary/aromatic N) is 3. The number of benzene rings is 2. The first-order valence-corrected chi connectivity index (χ1v) is 13.1. The zero-order chi connectivity index (χ0) is 25.7. The number of likely N-dealkylation sites (N-methyl/N-ethyl adjacent to an activating group) is 2. The molecule has 0 radical (unpaired) electrons. The van der Waals surface area contributed by atoms with Gasteiger partial charge in [0.15, 0.2) is 4.88 Å². The second-order valence-corrected chi connectivity index (χ2v) is 10.0. The van der Waals surface area contributed by atoms with Gasteiger partial charge >= 0.3 is 5.97 Å². The molecule has 0 unspecified atom stereocenters. The van der Waals surface area contributed by atoms with Crippen LogP contribution in [-0.4, -0.2) is 54.2 Å². The first-order chi connectivity index (χ1) is 17.4. The van der Waals surface area contributed by atoms with Crippen LogP contribution in [0.2, 0.25) is 5.02 Å². The van der Waals surface area contributed by atoms with Gasteiger partial charge in [-0.3, -0.25) is 4.57 Å². The van der Waals surface area contributed by atoms with Gasteiger partial charge in [0.25, 0.3) is 0 Å². The van der Waals surface area contributed by atoms with E-state index in [1.807, 2.05) is 47.9 Å². The minimum Gasteiger partial charge on any atom is -0.484 e. The molecule has 0 amide bonds. The van der Waals surface area contributed by atoms with E-state index in [4.69, 9.17) is 21.1 Å². The van der Waals surface area contributed by atoms with Crippen LogP contribution in [0.15, 0.2) is 54.9 Å². The zero-order valence-corrected chi connectivity index (χ0v) is 22.5. The van der Waals surface area contributed by atoms with Gasteiger partial charge in [0.1, 0.15) is 23.2 Å². The highest BCUT2D eigenvalue weighted by Gasteiger charge is 2.23. The molecule has 4 rings (SSSR count). The summed E-state index contributed by atoms with van der Waals surface area (Å²) in [5.41, 5.74) is 3.89. The number of hydrogen-bond donors (Lipinski definition) is 1. The summed E-state index contributed by atoms with van der Waals surface area (Å²) in [5, 5.41) is 4.79. The molecule has 2 aromatic carbocycles. The monoisotopic (exact) mass is 526 g/mol. The van der Waals surface area contributed by atoms with Gasteiger partial charge in [-0.2, -0.15) is 0 Å². The van der Waals surface area contributed by atoms with Crippen LogP contribution in [0.5, 0.6) is 5.75 Å². The van der Waals surface area contributed by atoms with Gasteiger partial charge in [0.2, 0.25) is 0 Å². The van der Waals surface area contributed by atoms with E-state index in [1.165, 1.54) is 24.0 Å². The van der Waals surface area contributed by atoms with Crippen molar-refractivity contribution in [3.63, 3.8) is 0 Å². The Hall–Kier alpha value is -2.91. The first-order valence-electron chi connectivity index (χ1n) is 11.9. The number of ether oxygens (including phenoxy) is 2. The van der Waals surface area contributed by atoms with Crippen molar-refractivity contribution in [1.82, 2.24) is 19.8 Å². The van der Waals surface area contributed by atoms with Crippen LogP contribution < -0.4 is 10.1 Å². The van der Waals surface area contributed by atoms with Crippen LogP contribution in [0.3, 0.4) is 0 Å². The molecule has 1 N–H and O–H groups in total. The Kier molecular flexibility index (Phi) is 8.64. The number of halogens is 1. The molecule has 0 fully saturated rings. The van der Waals surface area contributed by atoms with Gasteiger partial charge in [-0.25, -0.2) is 9.78 Å². The van der Waals surface area contributed by atoms with Gasteiger partial charge in [-0.05, 0) is 44.3 Å². The molecule has 0 saturated carbocycles. The lowest BCUT2D eigenvalue weighted by Gasteiger charge is -2.17. The second kappa shape index (κ2) is 11.9. The molecule has 2 heterocycles. The van der Waals surface area contributed by atoms with Gasteiger partial charge < -0.3 is 19.7 Å². The summed E-state index contributed by atoms with van der Waals surface area (Å²) in [5.74, 6) is 0.00969. The number of methoxy groups -OCH3 is 1. The number of hydrogen-bond acceptors (Lipinski definition) is 7. The Morgan fingerprint density at radius 3 is 2.81 bits per heavy atom. The topological polar surface area (TPSA) is 68.6 Å². The maximum absolute atomic E-state index is 12.6. The summed E-state index contributed by atoms with van der Waals surface area (Å²) in [7, 11) is 3.49. The van der Waals surface area contributed by atoms with E-state index in [0.717, 1.165) is 47.8 Å². The summed E-state index contributed by atoms with van der Waals surface area (Å²) in [4.78, 5) is 19.8. The molecule has 7 nitrogen and oxygen atoms in total. The van der Waals surface area contributed by atoms with E-state index < -0.39 is 5.97 Å². The van der Waals surface area contributed by atoms with Crippen molar-refractivity contribution in [2.75, 3.05) is 33.8 Å². The minimum atomic E-state index is -0.444. The van der Waals surface area contributed by atoms with Crippen molar-refractivity contribution < 1.29 is 14.3 Å². The first kappa shape index (κ1) is 26.2. The lowest BCUT2D eigenvalue weighted by molar-refractivity contribution is 0.0600. The van der Waals surface area contributed by atoms with Crippen molar-refractivity contribution in [3.05, 3.63) is 75.9 Å². The van der Waals surface area contributed by atoms with E-state index in [0.29, 0.717) is 15.6 Å². The predicted molar refractivity (Wildman–Crippen MR) is 146 cm³/mol. The van der Waals surface area contributed by atoms with Crippen molar-refractivity contribution >= 4 is 39.9 Å². The van der Waals surface area contributed by atoms with E-state index in [2.05, 4.69) is 41.3 Å². The molecule has 2 aromatic heterocycles. The number of thiophene rings is 1. The standard InChI is InChI=1S/C27H31ClN4O3S/c1-5-29-12-13-31(3)16-19-10-11-22-23(14-19)32(17-30-22)25-15-24(26(36-25)27(33)34-4)35-18(2)20-8-6-7-9-21(20)28/h6-11,14-15,17-18,29H,5,12-13,16H2,1-4H3/t18-/m1/s1. The number of esters is 1. The molecule has 0 spiro atoms. The zero-order valence-electron chi connectivity index (χ0n) is 21.0. The summed E-state index contributed by atoms with van der Waals surface area (Å²) in [6.45, 7) is 7.73. The summed E-state index contributed by atoms with van der Waals surface area (Å²) >= 11 is 7.68. The van der Waals surface area contributed by atoms with Crippen LogP contribution in [0.25, 0.3) is 16.0 Å². The third kappa shape index (κ3) is 5.90. The molecule has 1 atom stereocenters. The number of nitrogens with one attached hydrogen (secondary N) is 1. The van der Waals surface area contributed by atoms with Crippen LogP contribution >= 0.6 is 22.9 Å². The molecule has 9 heteroatoms. The highest BCUT2D eigenvalue weighted by Crippen LogP contribution is 2.37. The van der Waals surface area contributed by atoms with Crippen molar-refractivity contribution in [3.8, 4) is 10.8 Å². The molecule has 0 aliphatic carbocycles. The Morgan fingerprint density at radius 1 is 1.25 bits per heavy atom. The van der Waals surface area contributed by atoms with E-state index in [1.54, 1.807) is 6.33 Å². The van der Waals surface area contributed by atoms with Gasteiger partial charge in [0, 0.05) is 36.3 Å². The highest BCUT2D eigenvalue weighted by molar-refractivity contribution is 7.16. The smallest absolute Gasteiger partial charge is 0.351 e. The van der Waals surface area contributed by atoms with E-state index in [9.17, 15) is 4.79 Å². The number of rotatable bonds is 11.